The van der Waals surface area contributed by atoms with Gasteiger partial charge in [-0.1, -0.05) is 0 Å². The molecule has 0 aromatic carbocycles. The highest BCUT2D eigenvalue weighted by Gasteiger charge is 2.19. The van der Waals surface area contributed by atoms with Crippen LogP contribution in [0.4, 0.5) is 0 Å². The first kappa shape index (κ1) is 22.2. The van der Waals surface area contributed by atoms with E-state index in [-0.39, 0.29) is 24.2 Å². The zero-order valence-electron chi connectivity index (χ0n) is 11.7. The van der Waals surface area contributed by atoms with Gasteiger partial charge in [0.25, 0.3) is 0 Å². The fourth-order valence-electron chi connectivity index (χ4n) is 1.58. The van der Waals surface area contributed by atoms with Crippen LogP contribution in [0.15, 0.2) is 0 Å². The molecular weight excluding hydrogens is 318 g/mol. The van der Waals surface area contributed by atoms with Crippen molar-refractivity contribution in [1.82, 2.24) is 10.6 Å². The average molecular weight is 344 g/mol. The van der Waals surface area contributed by atoms with Crippen LogP contribution < -0.4 is 28.8 Å². The van der Waals surface area contributed by atoms with Crippen LogP contribution in [0.2, 0.25) is 0 Å². The van der Waals surface area contributed by atoms with E-state index in [1.807, 2.05) is 0 Å². The van der Waals surface area contributed by atoms with Crippen molar-refractivity contribution in [3.8, 4) is 0 Å². The van der Waals surface area contributed by atoms with Gasteiger partial charge in [0.15, 0.2) is 0 Å². The molecule has 1 atom stereocenters. The highest BCUT2D eigenvalue weighted by atomic mass is 35.5. The Bertz CT molecular complexity index is 271. The Morgan fingerprint density at radius 1 is 1.10 bits per heavy atom. The molecule has 1 unspecified atom stereocenters. The van der Waals surface area contributed by atoms with Gasteiger partial charge in [-0.05, 0) is 37.2 Å². The summed E-state index contributed by atoms with van der Waals surface area (Å²) >= 11 is 8.10. The van der Waals surface area contributed by atoms with E-state index >= 15 is 0 Å². The van der Waals surface area contributed by atoms with E-state index in [0.29, 0.717) is 25.1 Å². The second kappa shape index (κ2) is 15.3. The molecule has 0 bridgehead atoms. The lowest BCUT2D eigenvalue weighted by atomic mass is 10.1. The van der Waals surface area contributed by atoms with Crippen LogP contribution in [-0.4, -0.2) is 42.5 Å². The van der Waals surface area contributed by atoms with Crippen molar-refractivity contribution in [1.29, 1.82) is 0 Å². The Labute approximate surface area is 138 Å². The fraction of sp³-hybridized carbons (Fsp3) is 0.833. The summed E-state index contributed by atoms with van der Waals surface area (Å²) in [6.07, 6.45) is 3.66. The van der Waals surface area contributed by atoms with Gasteiger partial charge < -0.3 is 28.8 Å². The van der Waals surface area contributed by atoms with Gasteiger partial charge in [0.2, 0.25) is 11.8 Å². The zero-order chi connectivity index (χ0) is 14.5. The Morgan fingerprint density at radius 3 is 2.35 bits per heavy atom. The molecule has 0 heterocycles. The van der Waals surface area contributed by atoms with Crippen molar-refractivity contribution in [2.45, 2.75) is 38.1 Å². The number of quaternary nitrogens is 1. The first-order chi connectivity index (χ1) is 9.15. The van der Waals surface area contributed by atoms with E-state index in [2.05, 4.69) is 41.6 Å². The molecule has 5 nitrogen and oxygen atoms in total. The van der Waals surface area contributed by atoms with Crippen molar-refractivity contribution >= 4 is 37.1 Å². The standard InChI is InChI=1S/C12H25N3O2S2.ClH/c13-6-2-1-4-10(15-11(16)5-9-19)12(17)14-7-3-8-18;/h10,18-19H,1-9,13H2,(H,14,17)(H,15,16);1H. The lowest BCUT2D eigenvalue weighted by molar-refractivity contribution is -0.368. The number of amides is 2. The molecule has 8 heteroatoms. The van der Waals surface area contributed by atoms with Crippen molar-refractivity contribution in [2.75, 3.05) is 24.6 Å². The van der Waals surface area contributed by atoms with Crippen LogP contribution in [0, 0.1) is 0 Å². The molecule has 0 aliphatic heterocycles. The summed E-state index contributed by atoms with van der Waals surface area (Å²) in [6, 6.07) is -0.446. The quantitative estimate of drug-likeness (QED) is 0.200. The minimum atomic E-state index is -0.446. The molecule has 0 rings (SSSR count). The summed E-state index contributed by atoms with van der Waals surface area (Å²) in [5.74, 6) is 0.981. The third kappa shape index (κ3) is 11.7. The number of halogens is 1. The van der Waals surface area contributed by atoms with Crippen LogP contribution in [0.1, 0.15) is 32.1 Å². The zero-order valence-corrected chi connectivity index (χ0v) is 14.3. The first-order valence-corrected chi connectivity index (χ1v) is 8.00. The summed E-state index contributed by atoms with van der Waals surface area (Å²) in [7, 11) is 0. The summed E-state index contributed by atoms with van der Waals surface area (Å²) in [4.78, 5) is 23.5. The molecule has 0 fully saturated rings. The molecule has 2 amide bonds. The molecule has 0 aliphatic rings. The molecule has 0 aromatic heterocycles. The van der Waals surface area contributed by atoms with Crippen molar-refractivity contribution in [3.63, 3.8) is 0 Å². The van der Waals surface area contributed by atoms with Crippen LogP contribution in [0.3, 0.4) is 0 Å². The number of rotatable bonds is 11. The number of hydrogen-bond donors (Lipinski definition) is 5. The molecule has 0 radical (unpaired) electrons. The Hall–Kier alpha value is -0.110. The molecule has 0 aliphatic carbocycles. The average Bonchev–Trinajstić information content (AvgIpc) is 2.38. The van der Waals surface area contributed by atoms with Crippen LogP contribution in [0.5, 0.6) is 0 Å². The number of nitrogens with one attached hydrogen (secondary N) is 2. The highest BCUT2D eigenvalue weighted by molar-refractivity contribution is 7.80. The third-order valence-corrected chi connectivity index (χ3v) is 3.16. The fourth-order valence-corrected chi connectivity index (χ4v) is 1.94. The van der Waals surface area contributed by atoms with Gasteiger partial charge in [-0.2, -0.15) is 25.3 Å². The molecule has 0 aromatic rings. The van der Waals surface area contributed by atoms with Crippen LogP contribution in [0.25, 0.3) is 0 Å². The molecular formula is C12H26ClN3O2S2. The van der Waals surface area contributed by atoms with Crippen LogP contribution in [-0.2, 0) is 9.59 Å². The summed E-state index contributed by atoms with van der Waals surface area (Å²) in [5, 5.41) is 5.58. The Kier molecular flexibility index (Phi) is 16.9. The van der Waals surface area contributed by atoms with Gasteiger partial charge in [0, 0.05) is 13.0 Å². The smallest absolute Gasteiger partial charge is 0.242 e. The summed E-state index contributed by atoms with van der Waals surface area (Å²) < 4.78 is 0. The van der Waals surface area contributed by atoms with Gasteiger partial charge in [-0.3, -0.25) is 9.59 Å². The van der Waals surface area contributed by atoms with Gasteiger partial charge in [-0.15, -0.1) is 0 Å². The maximum atomic E-state index is 12.0. The number of thiol groups is 2. The monoisotopic (exact) mass is 343 g/mol. The van der Waals surface area contributed by atoms with E-state index in [1.165, 1.54) is 0 Å². The van der Waals surface area contributed by atoms with Gasteiger partial charge in [-0.25, -0.2) is 0 Å². The van der Waals surface area contributed by atoms with E-state index < -0.39 is 6.04 Å². The highest BCUT2D eigenvalue weighted by Crippen LogP contribution is 2.01. The molecule has 20 heavy (non-hydrogen) atoms. The van der Waals surface area contributed by atoms with Gasteiger partial charge >= 0.3 is 0 Å². The van der Waals surface area contributed by atoms with Crippen molar-refractivity contribution < 1.29 is 27.7 Å². The second-order valence-electron chi connectivity index (χ2n) is 4.31. The third-order valence-electron chi connectivity index (χ3n) is 2.62. The largest absolute Gasteiger partial charge is 1.00 e. The van der Waals surface area contributed by atoms with Crippen LogP contribution >= 0.6 is 25.3 Å². The topological polar surface area (TPSA) is 85.8 Å². The Balaban J connectivity index is 0. The molecule has 5 N–H and O–H groups in total. The van der Waals surface area contributed by atoms with Gasteiger partial charge in [0.05, 0.1) is 6.54 Å². The minimum Gasteiger partial charge on any atom is -1.00 e. The lowest BCUT2D eigenvalue weighted by Gasteiger charge is -2.18. The van der Waals surface area contributed by atoms with E-state index in [4.69, 9.17) is 0 Å². The maximum Gasteiger partial charge on any atom is 0.242 e. The number of hydrogen-bond acceptors (Lipinski definition) is 4. The Morgan fingerprint density at radius 2 is 1.80 bits per heavy atom. The van der Waals surface area contributed by atoms with E-state index in [1.54, 1.807) is 0 Å². The van der Waals surface area contributed by atoms with Crippen molar-refractivity contribution in [2.24, 2.45) is 0 Å². The van der Waals surface area contributed by atoms with E-state index in [0.717, 1.165) is 31.6 Å². The first-order valence-electron chi connectivity index (χ1n) is 6.73. The minimum absolute atomic E-state index is 0. The van der Waals surface area contributed by atoms with Crippen molar-refractivity contribution in [3.05, 3.63) is 0 Å². The lowest BCUT2D eigenvalue weighted by Crippen LogP contribution is -3.00. The number of carbonyl (C=O) groups excluding carboxylic acids is 2. The maximum absolute atomic E-state index is 12.0. The predicted molar refractivity (Wildman–Crippen MR) is 83.5 cm³/mol. The predicted octanol–water partition coefficient (Wildman–Crippen LogP) is -3.36. The summed E-state index contributed by atoms with van der Waals surface area (Å²) in [6.45, 7) is 1.44. The second-order valence-corrected chi connectivity index (χ2v) is 5.21. The molecule has 120 valence electrons. The molecule has 0 spiro atoms. The van der Waals surface area contributed by atoms with Gasteiger partial charge in [0.1, 0.15) is 6.04 Å². The number of carbonyl (C=O) groups is 2. The molecule has 0 saturated carbocycles. The SMILES string of the molecule is [Cl-].[NH3+]CCCCC(NC(=O)CCS)C(=O)NCCCS. The summed E-state index contributed by atoms with van der Waals surface area (Å²) in [5.41, 5.74) is 3.77. The number of unbranched alkanes of at least 4 members (excludes halogenated alkanes) is 1. The molecule has 0 saturated heterocycles. The van der Waals surface area contributed by atoms with E-state index in [9.17, 15) is 9.59 Å². The normalized spacial score (nSPS) is 11.3.